The SMILES string of the molecule is Cc1ccc(CC(C)NCCCF)s1. The number of rotatable bonds is 6. The molecule has 1 atom stereocenters. The van der Waals surface area contributed by atoms with E-state index >= 15 is 0 Å². The zero-order valence-electron chi connectivity index (χ0n) is 8.85. The lowest BCUT2D eigenvalue weighted by Crippen LogP contribution is -2.28. The van der Waals surface area contributed by atoms with E-state index < -0.39 is 0 Å². The first-order valence-electron chi connectivity index (χ1n) is 5.07. The number of thiophene rings is 1. The fourth-order valence-electron chi connectivity index (χ4n) is 1.38. The van der Waals surface area contributed by atoms with Crippen LogP contribution in [0.1, 0.15) is 23.1 Å². The Bertz CT molecular complexity index is 260. The summed E-state index contributed by atoms with van der Waals surface area (Å²) in [7, 11) is 0. The van der Waals surface area contributed by atoms with Crippen LogP contribution in [0, 0.1) is 6.92 Å². The van der Waals surface area contributed by atoms with Gasteiger partial charge >= 0.3 is 0 Å². The van der Waals surface area contributed by atoms with Crippen LogP contribution in [0.25, 0.3) is 0 Å². The zero-order chi connectivity index (χ0) is 10.4. The van der Waals surface area contributed by atoms with Gasteiger partial charge in [-0.1, -0.05) is 0 Å². The summed E-state index contributed by atoms with van der Waals surface area (Å²) in [6.07, 6.45) is 1.67. The van der Waals surface area contributed by atoms with Crippen LogP contribution in [0.15, 0.2) is 12.1 Å². The molecule has 0 aliphatic heterocycles. The third kappa shape index (κ3) is 4.20. The van der Waals surface area contributed by atoms with E-state index in [0.717, 1.165) is 13.0 Å². The van der Waals surface area contributed by atoms with Crippen LogP contribution in [0.3, 0.4) is 0 Å². The Hall–Kier alpha value is -0.410. The fraction of sp³-hybridized carbons (Fsp3) is 0.636. The molecule has 0 fully saturated rings. The monoisotopic (exact) mass is 215 g/mol. The highest BCUT2D eigenvalue weighted by Crippen LogP contribution is 2.16. The zero-order valence-corrected chi connectivity index (χ0v) is 9.66. The Labute approximate surface area is 89.3 Å². The number of aryl methyl sites for hydroxylation is 1. The summed E-state index contributed by atoms with van der Waals surface area (Å²) >= 11 is 1.84. The molecule has 1 heterocycles. The minimum Gasteiger partial charge on any atom is -0.314 e. The van der Waals surface area contributed by atoms with Gasteiger partial charge in [-0.2, -0.15) is 0 Å². The number of alkyl halides is 1. The molecule has 1 unspecified atom stereocenters. The van der Waals surface area contributed by atoms with Crippen molar-refractivity contribution < 1.29 is 4.39 Å². The normalized spacial score (nSPS) is 13.1. The van der Waals surface area contributed by atoms with Crippen molar-refractivity contribution in [1.29, 1.82) is 0 Å². The molecule has 0 aromatic carbocycles. The van der Waals surface area contributed by atoms with E-state index in [1.165, 1.54) is 9.75 Å². The maximum absolute atomic E-state index is 11.8. The molecular formula is C11H18FNS. The largest absolute Gasteiger partial charge is 0.314 e. The van der Waals surface area contributed by atoms with Gasteiger partial charge in [0.05, 0.1) is 6.67 Å². The molecule has 0 bridgehead atoms. The smallest absolute Gasteiger partial charge is 0.0906 e. The van der Waals surface area contributed by atoms with Gasteiger partial charge < -0.3 is 5.32 Å². The molecular weight excluding hydrogens is 197 g/mol. The molecule has 1 rings (SSSR count). The summed E-state index contributed by atoms with van der Waals surface area (Å²) in [4.78, 5) is 2.76. The molecule has 0 aliphatic rings. The summed E-state index contributed by atoms with van der Waals surface area (Å²) in [5, 5.41) is 3.31. The summed E-state index contributed by atoms with van der Waals surface area (Å²) in [5.74, 6) is 0. The van der Waals surface area contributed by atoms with Gasteiger partial charge in [0.2, 0.25) is 0 Å². The average molecular weight is 215 g/mol. The van der Waals surface area contributed by atoms with Gasteiger partial charge in [-0.05, 0) is 45.4 Å². The van der Waals surface area contributed by atoms with Crippen molar-refractivity contribution in [2.75, 3.05) is 13.2 Å². The maximum Gasteiger partial charge on any atom is 0.0906 e. The van der Waals surface area contributed by atoms with E-state index in [9.17, 15) is 4.39 Å². The molecule has 0 radical (unpaired) electrons. The molecule has 0 spiro atoms. The van der Waals surface area contributed by atoms with Crippen LogP contribution in [0.2, 0.25) is 0 Å². The molecule has 14 heavy (non-hydrogen) atoms. The first-order valence-corrected chi connectivity index (χ1v) is 5.88. The second-order valence-corrected chi connectivity index (χ2v) is 4.99. The fourth-order valence-corrected chi connectivity index (χ4v) is 2.40. The second kappa shape index (κ2) is 6.14. The Morgan fingerprint density at radius 2 is 2.29 bits per heavy atom. The molecule has 80 valence electrons. The summed E-state index contributed by atoms with van der Waals surface area (Å²) in [6.45, 7) is 4.82. The second-order valence-electron chi connectivity index (χ2n) is 3.61. The molecule has 1 nitrogen and oxygen atoms in total. The Morgan fingerprint density at radius 3 is 2.86 bits per heavy atom. The van der Waals surface area contributed by atoms with Gasteiger partial charge in [0.25, 0.3) is 0 Å². The summed E-state index contributed by atoms with van der Waals surface area (Å²) < 4.78 is 11.8. The van der Waals surface area contributed by atoms with Gasteiger partial charge in [0, 0.05) is 15.8 Å². The van der Waals surface area contributed by atoms with Crippen molar-refractivity contribution in [2.45, 2.75) is 32.7 Å². The van der Waals surface area contributed by atoms with Gasteiger partial charge in [-0.25, -0.2) is 0 Å². The minimum atomic E-state index is -0.224. The lowest BCUT2D eigenvalue weighted by Gasteiger charge is -2.11. The van der Waals surface area contributed by atoms with Gasteiger partial charge in [-0.15, -0.1) is 11.3 Å². The molecule has 0 saturated heterocycles. The van der Waals surface area contributed by atoms with E-state index in [-0.39, 0.29) is 6.67 Å². The molecule has 0 aliphatic carbocycles. The average Bonchev–Trinajstić information content (AvgIpc) is 2.52. The summed E-state index contributed by atoms with van der Waals surface area (Å²) in [6, 6.07) is 4.77. The Kier molecular flexibility index (Phi) is 5.12. The Morgan fingerprint density at radius 1 is 1.50 bits per heavy atom. The van der Waals surface area contributed by atoms with Crippen molar-refractivity contribution in [1.82, 2.24) is 5.32 Å². The van der Waals surface area contributed by atoms with Crippen LogP contribution < -0.4 is 5.32 Å². The minimum absolute atomic E-state index is 0.224. The molecule has 0 saturated carbocycles. The molecule has 1 aromatic rings. The van der Waals surface area contributed by atoms with E-state index in [4.69, 9.17) is 0 Å². The molecule has 1 N–H and O–H groups in total. The van der Waals surface area contributed by atoms with E-state index in [1.54, 1.807) is 0 Å². The lowest BCUT2D eigenvalue weighted by molar-refractivity contribution is 0.442. The quantitative estimate of drug-likeness (QED) is 0.719. The Balaban J connectivity index is 2.23. The highest BCUT2D eigenvalue weighted by Gasteiger charge is 2.03. The van der Waals surface area contributed by atoms with Gasteiger partial charge in [0.1, 0.15) is 0 Å². The van der Waals surface area contributed by atoms with Crippen LogP contribution >= 0.6 is 11.3 Å². The first kappa shape index (κ1) is 11.7. The third-order valence-corrected chi connectivity index (χ3v) is 3.13. The van der Waals surface area contributed by atoms with E-state index in [2.05, 4.69) is 31.3 Å². The topological polar surface area (TPSA) is 12.0 Å². The molecule has 0 amide bonds. The van der Waals surface area contributed by atoms with E-state index in [0.29, 0.717) is 12.5 Å². The van der Waals surface area contributed by atoms with Crippen molar-refractivity contribution in [3.63, 3.8) is 0 Å². The maximum atomic E-state index is 11.8. The number of nitrogens with one attached hydrogen (secondary N) is 1. The number of hydrogen-bond acceptors (Lipinski definition) is 2. The van der Waals surface area contributed by atoms with Crippen molar-refractivity contribution >= 4 is 11.3 Å². The van der Waals surface area contributed by atoms with Crippen molar-refractivity contribution in [3.05, 3.63) is 21.9 Å². The van der Waals surface area contributed by atoms with Crippen molar-refractivity contribution in [3.8, 4) is 0 Å². The first-order chi connectivity index (χ1) is 6.72. The van der Waals surface area contributed by atoms with Crippen LogP contribution in [-0.2, 0) is 6.42 Å². The van der Waals surface area contributed by atoms with E-state index in [1.807, 2.05) is 11.3 Å². The molecule has 1 aromatic heterocycles. The predicted molar refractivity (Wildman–Crippen MR) is 60.8 cm³/mol. The lowest BCUT2D eigenvalue weighted by atomic mass is 10.2. The molecule has 3 heteroatoms. The standard InChI is InChI=1S/C11H18FNS/c1-9(13-7-3-6-12)8-11-5-4-10(2)14-11/h4-5,9,13H,3,6-8H2,1-2H3. The van der Waals surface area contributed by atoms with Crippen LogP contribution in [0.4, 0.5) is 4.39 Å². The van der Waals surface area contributed by atoms with Crippen molar-refractivity contribution in [2.24, 2.45) is 0 Å². The number of halogens is 1. The predicted octanol–water partition coefficient (Wildman–Crippen LogP) is 2.94. The highest BCUT2D eigenvalue weighted by molar-refractivity contribution is 7.11. The van der Waals surface area contributed by atoms with Gasteiger partial charge in [-0.3, -0.25) is 4.39 Å². The summed E-state index contributed by atoms with van der Waals surface area (Å²) in [5.41, 5.74) is 0. The highest BCUT2D eigenvalue weighted by atomic mass is 32.1. The van der Waals surface area contributed by atoms with Gasteiger partial charge in [0.15, 0.2) is 0 Å². The third-order valence-electron chi connectivity index (χ3n) is 2.11. The number of hydrogen-bond donors (Lipinski definition) is 1. The van der Waals surface area contributed by atoms with Crippen LogP contribution in [-0.4, -0.2) is 19.3 Å². The van der Waals surface area contributed by atoms with Crippen LogP contribution in [0.5, 0.6) is 0 Å².